The Morgan fingerprint density at radius 1 is 0.727 bits per heavy atom. The largest absolute Gasteiger partial charge is 0.298 e. The van der Waals surface area contributed by atoms with Crippen molar-refractivity contribution < 1.29 is 39.9 Å². The molecule has 44 heavy (non-hydrogen) atoms. The van der Waals surface area contributed by atoms with Crippen molar-refractivity contribution in [2.75, 3.05) is 0 Å². The van der Waals surface area contributed by atoms with Gasteiger partial charge < -0.3 is 0 Å². The summed E-state index contributed by atoms with van der Waals surface area (Å²) in [6.07, 6.45) is 2.50. The number of benzene rings is 3. The Bertz CT molecular complexity index is 1510. The lowest BCUT2D eigenvalue weighted by molar-refractivity contribution is 0.111. The predicted octanol–water partition coefficient (Wildman–Crippen LogP) is 7.60. The predicted molar refractivity (Wildman–Crippen MR) is 153 cm³/mol. The summed E-state index contributed by atoms with van der Waals surface area (Å²) < 4.78 is 103. The van der Waals surface area contributed by atoms with Gasteiger partial charge in [-0.15, -0.1) is 0 Å². The van der Waals surface area contributed by atoms with Gasteiger partial charge in [0.2, 0.25) is 0 Å². The molecule has 0 amide bonds. The molecule has 0 saturated carbocycles. The van der Waals surface area contributed by atoms with Gasteiger partial charge in [-0.2, -0.15) is 5.10 Å². The lowest BCUT2D eigenvalue weighted by Gasteiger charge is -2.06. The van der Waals surface area contributed by atoms with Crippen LogP contribution in [0.1, 0.15) is 63.5 Å². The number of nitrogens with one attached hydrogen (secondary N) is 1. The molecule has 3 N–H and O–H groups in total. The fourth-order valence-corrected chi connectivity index (χ4v) is 3.05. The second-order valence-corrected chi connectivity index (χ2v) is 9.88. The van der Waals surface area contributed by atoms with Gasteiger partial charge in [-0.25, -0.2) is 35.1 Å². The molecule has 3 aromatic carbocycles. The Kier molecular flexibility index (Phi) is 15.3. The van der Waals surface area contributed by atoms with Crippen LogP contribution >= 0.6 is 0 Å². The maximum absolute atomic E-state index is 13.2. The summed E-state index contributed by atoms with van der Waals surface area (Å²) in [6.45, 7) is 11.3. The number of hydrazine groups is 1. The lowest BCUT2D eigenvalue weighted by atomic mass is 10.2. The number of halogens is 8. The smallest absolute Gasteiger partial charge is 0.155 e. The van der Waals surface area contributed by atoms with E-state index in [1.165, 1.54) is 12.3 Å². The fourth-order valence-electron chi connectivity index (χ4n) is 3.05. The second-order valence-electron chi connectivity index (χ2n) is 9.88. The van der Waals surface area contributed by atoms with E-state index in [4.69, 9.17) is 5.84 Å². The van der Waals surface area contributed by atoms with Crippen LogP contribution in [0.25, 0.3) is 10.9 Å². The average Bonchev–Trinajstić information content (AvgIpc) is 3.33. The molecule has 0 spiro atoms. The Balaban J connectivity index is 0.000000309. The van der Waals surface area contributed by atoms with Crippen molar-refractivity contribution in [1.29, 1.82) is 0 Å². The molecule has 0 saturated heterocycles. The van der Waals surface area contributed by atoms with E-state index in [1.54, 1.807) is 18.5 Å². The van der Waals surface area contributed by atoms with E-state index in [-0.39, 0.29) is 23.9 Å². The molecule has 6 nitrogen and oxygen atoms in total. The third-order valence-electron chi connectivity index (χ3n) is 5.16. The van der Waals surface area contributed by atoms with Gasteiger partial charge in [0.25, 0.3) is 0 Å². The van der Waals surface area contributed by atoms with Crippen LogP contribution in [-0.4, -0.2) is 34.4 Å². The maximum atomic E-state index is 13.2. The molecule has 1 aromatic heterocycles. The molecule has 0 bridgehead atoms. The quantitative estimate of drug-likeness (QED) is 0.0781. The lowest BCUT2D eigenvalue weighted by Crippen LogP contribution is -2.29. The number of carbonyl (C=O) groups excluding carboxylic acids is 1. The summed E-state index contributed by atoms with van der Waals surface area (Å²) in [5.74, 6) is -2.42. The van der Waals surface area contributed by atoms with Gasteiger partial charge in [0.15, 0.2) is 6.29 Å². The van der Waals surface area contributed by atoms with Crippen LogP contribution in [0.5, 0.6) is 0 Å². The van der Waals surface area contributed by atoms with E-state index in [0.29, 0.717) is 41.2 Å². The number of rotatable bonds is 5. The minimum absolute atomic E-state index is 0.00407. The molecule has 240 valence electrons. The summed E-state index contributed by atoms with van der Waals surface area (Å²) in [5.41, 5.74) is 1.98. The molecule has 0 aliphatic carbocycles. The Morgan fingerprint density at radius 3 is 1.52 bits per heavy atom. The Hall–Kier alpha value is -4.17. The highest BCUT2D eigenvalue weighted by Gasteiger charge is 2.12. The summed E-state index contributed by atoms with van der Waals surface area (Å²) in [4.78, 5) is 13.8. The highest BCUT2D eigenvalue weighted by Crippen LogP contribution is 2.21. The molecule has 0 fully saturated rings. The average molecular weight is 632 g/mol. The Morgan fingerprint density at radius 2 is 1.14 bits per heavy atom. The molecule has 14 heteroatoms. The van der Waals surface area contributed by atoms with Crippen LogP contribution in [-0.2, 0) is 0 Å². The molecule has 0 aliphatic rings. The van der Waals surface area contributed by atoms with Gasteiger partial charge in [-0.1, -0.05) is 0 Å². The number of carbonyl (C=O) groups is 1. The Labute approximate surface area is 249 Å². The zero-order valence-corrected chi connectivity index (χ0v) is 24.8. The van der Waals surface area contributed by atoms with Crippen LogP contribution < -0.4 is 11.3 Å². The summed E-state index contributed by atoms with van der Waals surface area (Å²) in [7, 11) is 0. The van der Waals surface area contributed by atoms with Crippen LogP contribution in [0.15, 0.2) is 47.6 Å². The fraction of sp³-hybridized carbons (Fsp3) is 0.300. The van der Waals surface area contributed by atoms with Crippen molar-refractivity contribution in [3.8, 4) is 0 Å². The third kappa shape index (κ3) is 11.8. The molecular weight excluding hydrogens is 598 g/mol. The number of aldehydes is 1. The zero-order chi connectivity index (χ0) is 33.7. The van der Waals surface area contributed by atoms with Crippen LogP contribution in [0.3, 0.4) is 0 Å². The van der Waals surface area contributed by atoms with Gasteiger partial charge >= 0.3 is 0 Å². The van der Waals surface area contributed by atoms with Gasteiger partial charge in [0.05, 0.1) is 28.2 Å². The zero-order valence-electron chi connectivity index (χ0n) is 24.8. The van der Waals surface area contributed by atoms with Crippen molar-refractivity contribution in [3.05, 3.63) is 100 Å². The SMILES string of the molecule is CC(C)N=Cc1c(F)cc(F)cc1F.CC(C)NN.CC(C)n1ncc2c(F)cc(F)cc21.O=Cc1c(F)cc(F)cc1F. The minimum Gasteiger partial charge on any atom is -0.298 e. The van der Waals surface area contributed by atoms with Crippen molar-refractivity contribution in [2.24, 2.45) is 10.8 Å². The minimum atomic E-state index is -1.18. The number of nitrogens with two attached hydrogens (primary N) is 1. The number of hydrogen-bond donors (Lipinski definition) is 2. The summed E-state index contributed by atoms with van der Waals surface area (Å²) in [5, 5.41) is 4.37. The first kappa shape index (κ1) is 37.9. The number of aliphatic imine (C=N–C) groups is 1. The van der Waals surface area contributed by atoms with E-state index >= 15 is 0 Å². The number of aromatic nitrogens is 2. The molecule has 0 unspecified atom stereocenters. The summed E-state index contributed by atoms with van der Waals surface area (Å²) >= 11 is 0. The van der Waals surface area contributed by atoms with E-state index in [0.717, 1.165) is 12.3 Å². The monoisotopic (exact) mass is 631 g/mol. The van der Waals surface area contributed by atoms with Crippen LogP contribution in [0.2, 0.25) is 0 Å². The van der Waals surface area contributed by atoms with E-state index in [2.05, 4.69) is 15.5 Å². The standard InChI is InChI=1S/C10H10F3N.C10H10F2N2.C7H3F3O.C3H10N2/c1-6(2)14-5-8-9(12)3-7(11)4-10(8)13;1-6(2)14-10-4-7(11)3-9(12)8(10)5-13-14;8-4-1-6(9)5(3-11)7(10)2-4;1-3(2)5-4/h2*3-6H,1-2H3;1-3H;3,5H,4H2,1-2H3. The van der Waals surface area contributed by atoms with Gasteiger partial charge in [-0.3, -0.25) is 25.7 Å². The van der Waals surface area contributed by atoms with Crippen LogP contribution in [0.4, 0.5) is 35.1 Å². The maximum Gasteiger partial charge on any atom is 0.155 e. The molecule has 0 atom stereocenters. The first-order valence-electron chi connectivity index (χ1n) is 13.1. The van der Waals surface area contributed by atoms with E-state index < -0.39 is 52.1 Å². The summed E-state index contributed by atoms with van der Waals surface area (Å²) in [6, 6.07) is 4.78. The molecule has 4 rings (SSSR count). The van der Waals surface area contributed by atoms with Gasteiger partial charge in [-0.05, 0) is 47.6 Å². The van der Waals surface area contributed by atoms with Crippen molar-refractivity contribution >= 4 is 23.4 Å². The molecule has 1 heterocycles. The first-order valence-corrected chi connectivity index (χ1v) is 13.1. The number of fused-ring (bicyclic) bond motifs is 1. The van der Waals surface area contributed by atoms with Crippen molar-refractivity contribution in [2.45, 2.75) is 59.7 Å². The van der Waals surface area contributed by atoms with Crippen molar-refractivity contribution in [3.63, 3.8) is 0 Å². The number of hydrogen-bond acceptors (Lipinski definition) is 5. The van der Waals surface area contributed by atoms with E-state index in [1.807, 2.05) is 27.7 Å². The number of nitrogens with zero attached hydrogens (tertiary/aromatic N) is 3. The topological polar surface area (TPSA) is 85.3 Å². The normalized spacial score (nSPS) is 10.9. The first-order chi connectivity index (χ1) is 20.5. The molecule has 0 aliphatic heterocycles. The van der Waals surface area contributed by atoms with Gasteiger partial charge in [0.1, 0.15) is 46.5 Å². The molecule has 4 aromatic rings. The second kappa shape index (κ2) is 17.8. The molecule has 0 radical (unpaired) electrons. The highest BCUT2D eigenvalue weighted by molar-refractivity contribution is 5.80. The highest BCUT2D eigenvalue weighted by atomic mass is 19.2. The van der Waals surface area contributed by atoms with E-state index in [9.17, 15) is 39.9 Å². The van der Waals surface area contributed by atoms with Crippen molar-refractivity contribution in [1.82, 2.24) is 15.2 Å². The third-order valence-corrected chi connectivity index (χ3v) is 5.16. The molecular formula is C30H33F8N5O. The van der Waals surface area contributed by atoms with Crippen LogP contribution in [0, 0.1) is 46.5 Å². The van der Waals surface area contributed by atoms with Gasteiger partial charge in [0, 0.05) is 54.7 Å².